The predicted molar refractivity (Wildman–Crippen MR) is 82.1 cm³/mol. The van der Waals surface area contributed by atoms with Gasteiger partial charge in [0, 0.05) is 41.3 Å². The Morgan fingerprint density at radius 3 is 2.42 bits per heavy atom. The van der Waals surface area contributed by atoms with Crippen LogP contribution in [0.25, 0.3) is 0 Å². The topological polar surface area (TPSA) is 29.3 Å². The van der Waals surface area contributed by atoms with Crippen LogP contribution in [-0.4, -0.2) is 19.6 Å². The van der Waals surface area contributed by atoms with Crippen molar-refractivity contribution in [1.82, 2.24) is 0 Å². The van der Waals surface area contributed by atoms with Crippen LogP contribution in [0, 0.1) is 0 Å². The van der Waals surface area contributed by atoms with Crippen molar-refractivity contribution in [3.63, 3.8) is 0 Å². The van der Waals surface area contributed by atoms with Crippen molar-refractivity contribution in [3.8, 4) is 0 Å². The van der Waals surface area contributed by atoms with E-state index >= 15 is 0 Å². The molecule has 0 amide bonds. The van der Waals surface area contributed by atoms with E-state index in [2.05, 4.69) is 17.0 Å². The summed E-state index contributed by atoms with van der Waals surface area (Å²) in [6.07, 6.45) is 7.52. The van der Waals surface area contributed by atoms with E-state index in [-0.39, 0.29) is 5.41 Å². The van der Waals surface area contributed by atoms with E-state index in [4.69, 9.17) is 17.3 Å². The summed E-state index contributed by atoms with van der Waals surface area (Å²) in [4.78, 5) is 2.50. The first-order chi connectivity index (χ1) is 9.27. The van der Waals surface area contributed by atoms with Gasteiger partial charge in [-0.1, -0.05) is 30.5 Å². The summed E-state index contributed by atoms with van der Waals surface area (Å²) in [5.41, 5.74) is 8.96. The molecule has 2 fully saturated rings. The monoisotopic (exact) mass is 278 g/mol. The van der Waals surface area contributed by atoms with Gasteiger partial charge in [-0.2, -0.15) is 0 Å². The molecule has 1 aliphatic carbocycles. The Morgan fingerprint density at radius 1 is 1.11 bits per heavy atom. The SMILES string of the molecule is NCC1(c2c(Cl)cccc2N2CCCC2)CCCC1. The molecule has 1 aliphatic heterocycles. The number of nitrogens with zero attached hydrogens (tertiary/aromatic N) is 1. The highest BCUT2D eigenvalue weighted by Gasteiger charge is 2.38. The van der Waals surface area contributed by atoms with Crippen LogP contribution < -0.4 is 10.6 Å². The van der Waals surface area contributed by atoms with Crippen LogP contribution in [0.4, 0.5) is 5.69 Å². The number of nitrogens with two attached hydrogens (primary N) is 1. The maximum absolute atomic E-state index is 6.57. The normalized spacial score (nSPS) is 22.1. The Morgan fingerprint density at radius 2 is 1.79 bits per heavy atom. The fraction of sp³-hybridized carbons (Fsp3) is 0.625. The fourth-order valence-corrected chi connectivity index (χ4v) is 4.24. The molecule has 2 aliphatic rings. The highest BCUT2D eigenvalue weighted by atomic mass is 35.5. The molecule has 1 saturated carbocycles. The second-order valence-electron chi connectivity index (χ2n) is 6.02. The number of halogens is 1. The van der Waals surface area contributed by atoms with Gasteiger partial charge < -0.3 is 10.6 Å². The van der Waals surface area contributed by atoms with Gasteiger partial charge in [-0.15, -0.1) is 0 Å². The van der Waals surface area contributed by atoms with E-state index in [1.54, 1.807) is 0 Å². The van der Waals surface area contributed by atoms with Gasteiger partial charge in [-0.3, -0.25) is 0 Å². The average Bonchev–Trinajstić information content (AvgIpc) is 3.10. The van der Waals surface area contributed by atoms with Crippen molar-refractivity contribution >= 4 is 17.3 Å². The minimum absolute atomic E-state index is 0.121. The minimum atomic E-state index is 0.121. The zero-order valence-corrected chi connectivity index (χ0v) is 12.3. The second kappa shape index (κ2) is 5.34. The first-order valence-electron chi connectivity index (χ1n) is 7.51. The molecule has 2 nitrogen and oxygen atoms in total. The second-order valence-corrected chi connectivity index (χ2v) is 6.43. The molecule has 1 aromatic rings. The molecule has 1 aromatic carbocycles. The van der Waals surface area contributed by atoms with Crippen LogP contribution in [0.5, 0.6) is 0 Å². The first kappa shape index (κ1) is 13.3. The van der Waals surface area contributed by atoms with Crippen molar-refractivity contribution in [3.05, 3.63) is 28.8 Å². The Bertz CT molecular complexity index is 446. The lowest BCUT2D eigenvalue weighted by Gasteiger charge is -2.34. The Hall–Kier alpha value is -0.730. The predicted octanol–water partition coefficient (Wildman–Crippen LogP) is 3.71. The van der Waals surface area contributed by atoms with Gasteiger partial charge >= 0.3 is 0 Å². The van der Waals surface area contributed by atoms with Gasteiger partial charge in [0.25, 0.3) is 0 Å². The largest absolute Gasteiger partial charge is 0.371 e. The third kappa shape index (κ3) is 2.25. The third-order valence-corrected chi connectivity index (χ3v) is 5.24. The quantitative estimate of drug-likeness (QED) is 0.913. The van der Waals surface area contributed by atoms with E-state index in [1.165, 1.54) is 49.8 Å². The maximum Gasteiger partial charge on any atom is 0.0464 e. The summed E-state index contributed by atoms with van der Waals surface area (Å²) < 4.78 is 0. The Balaban J connectivity index is 2.07. The molecule has 0 unspecified atom stereocenters. The number of rotatable bonds is 3. The fourth-order valence-electron chi connectivity index (χ4n) is 3.87. The molecule has 0 atom stereocenters. The van der Waals surface area contributed by atoms with E-state index in [1.807, 2.05) is 6.07 Å². The number of benzene rings is 1. The maximum atomic E-state index is 6.57. The van der Waals surface area contributed by atoms with Crippen molar-refractivity contribution < 1.29 is 0 Å². The van der Waals surface area contributed by atoms with Crippen LogP contribution in [-0.2, 0) is 5.41 Å². The van der Waals surface area contributed by atoms with Gasteiger partial charge in [-0.05, 0) is 37.8 Å². The molecule has 1 saturated heterocycles. The highest BCUT2D eigenvalue weighted by molar-refractivity contribution is 6.32. The number of hydrogen-bond donors (Lipinski definition) is 1. The molecule has 0 spiro atoms. The van der Waals surface area contributed by atoms with E-state index < -0.39 is 0 Å². The van der Waals surface area contributed by atoms with Gasteiger partial charge in [0.05, 0.1) is 0 Å². The third-order valence-electron chi connectivity index (χ3n) is 4.92. The zero-order chi connectivity index (χ0) is 13.3. The lowest BCUT2D eigenvalue weighted by atomic mass is 9.77. The average molecular weight is 279 g/mol. The van der Waals surface area contributed by atoms with Crippen LogP contribution in [0.3, 0.4) is 0 Å². The molecule has 2 N–H and O–H groups in total. The lowest BCUT2D eigenvalue weighted by molar-refractivity contribution is 0.453. The Labute approximate surface area is 120 Å². The van der Waals surface area contributed by atoms with Gasteiger partial charge in [-0.25, -0.2) is 0 Å². The molecule has 0 bridgehead atoms. The minimum Gasteiger partial charge on any atom is -0.371 e. The van der Waals surface area contributed by atoms with Crippen molar-refractivity contribution in [2.75, 3.05) is 24.5 Å². The van der Waals surface area contributed by atoms with E-state index in [9.17, 15) is 0 Å². The molecule has 104 valence electrons. The Kier molecular flexibility index (Phi) is 3.72. The molecule has 0 radical (unpaired) electrons. The lowest BCUT2D eigenvalue weighted by Crippen LogP contribution is -2.35. The highest BCUT2D eigenvalue weighted by Crippen LogP contribution is 2.47. The molecule has 19 heavy (non-hydrogen) atoms. The summed E-state index contributed by atoms with van der Waals surface area (Å²) in [6, 6.07) is 6.35. The molecule has 3 heteroatoms. The molecule has 3 rings (SSSR count). The smallest absolute Gasteiger partial charge is 0.0464 e. The molecular formula is C16H23ClN2. The summed E-state index contributed by atoms with van der Waals surface area (Å²) in [6.45, 7) is 3.04. The van der Waals surface area contributed by atoms with Crippen LogP contribution in [0.1, 0.15) is 44.1 Å². The molecular weight excluding hydrogens is 256 g/mol. The molecule has 0 aromatic heterocycles. The molecule has 1 heterocycles. The zero-order valence-electron chi connectivity index (χ0n) is 11.5. The van der Waals surface area contributed by atoms with Crippen molar-refractivity contribution in [1.29, 1.82) is 0 Å². The summed E-state index contributed by atoms with van der Waals surface area (Å²) in [5, 5.41) is 0.914. The first-order valence-corrected chi connectivity index (χ1v) is 7.89. The number of anilines is 1. The van der Waals surface area contributed by atoms with Crippen LogP contribution in [0.15, 0.2) is 18.2 Å². The summed E-state index contributed by atoms with van der Waals surface area (Å²) in [7, 11) is 0. The summed E-state index contributed by atoms with van der Waals surface area (Å²) >= 11 is 6.57. The van der Waals surface area contributed by atoms with E-state index in [0.717, 1.165) is 24.7 Å². The van der Waals surface area contributed by atoms with Crippen molar-refractivity contribution in [2.45, 2.75) is 43.9 Å². The van der Waals surface area contributed by atoms with Gasteiger partial charge in [0.1, 0.15) is 0 Å². The van der Waals surface area contributed by atoms with Gasteiger partial charge in [0.15, 0.2) is 0 Å². The summed E-state index contributed by atoms with van der Waals surface area (Å²) in [5.74, 6) is 0. The standard InChI is InChI=1S/C16H23ClN2/c17-13-6-5-7-14(19-10-3-4-11-19)15(13)16(12-18)8-1-2-9-16/h5-7H,1-4,8-12,18H2. The number of hydrogen-bond acceptors (Lipinski definition) is 2. The van der Waals surface area contributed by atoms with Crippen LogP contribution >= 0.6 is 11.6 Å². The van der Waals surface area contributed by atoms with Crippen LogP contribution in [0.2, 0.25) is 5.02 Å². The van der Waals surface area contributed by atoms with Crippen molar-refractivity contribution in [2.24, 2.45) is 5.73 Å². The van der Waals surface area contributed by atoms with Gasteiger partial charge in [0.2, 0.25) is 0 Å². The van der Waals surface area contributed by atoms with E-state index in [0.29, 0.717) is 0 Å².